The number of likely N-dealkylation sites (tertiary alicyclic amines) is 1. The quantitative estimate of drug-likeness (QED) is 0.829. The summed E-state index contributed by atoms with van der Waals surface area (Å²) in [6.07, 6.45) is 2.64. The first-order valence-corrected chi connectivity index (χ1v) is 7.77. The number of furan rings is 1. The fourth-order valence-corrected chi connectivity index (χ4v) is 3.03. The number of aryl methyl sites for hydroxylation is 1. The maximum atomic E-state index is 5.84. The topological polar surface area (TPSA) is 31.6 Å². The largest absolute Gasteiger partial charge is 0.465 e. The highest BCUT2D eigenvalue weighted by molar-refractivity contribution is 5.21. The van der Waals surface area contributed by atoms with E-state index in [-0.39, 0.29) is 0 Å². The lowest BCUT2D eigenvalue weighted by Gasteiger charge is -2.26. The van der Waals surface area contributed by atoms with Crippen molar-refractivity contribution < 1.29 is 4.42 Å². The second-order valence-corrected chi connectivity index (χ2v) is 6.10. The summed E-state index contributed by atoms with van der Waals surface area (Å²) in [4.78, 5) is 4.90. The average molecular weight is 279 g/mol. The van der Waals surface area contributed by atoms with Crippen LogP contribution in [0.4, 0.5) is 0 Å². The Morgan fingerprint density at radius 1 is 1.45 bits per heavy atom. The first-order chi connectivity index (χ1) is 9.60. The van der Waals surface area contributed by atoms with Crippen LogP contribution in [0.3, 0.4) is 0 Å². The summed E-state index contributed by atoms with van der Waals surface area (Å²) in [6, 6.07) is 2.92. The molecule has 2 heterocycles. The van der Waals surface area contributed by atoms with Gasteiger partial charge in [-0.05, 0) is 53.0 Å². The molecule has 0 aliphatic carbocycles. The van der Waals surface area contributed by atoms with E-state index in [0.29, 0.717) is 6.04 Å². The van der Waals surface area contributed by atoms with Gasteiger partial charge in [-0.1, -0.05) is 6.92 Å². The molecule has 1 aliphatic heterocycles. The summed E-state index contributed by atoms with van der Waals surface area (Å²) in [7, 11) is 4.32. The maximum Gasteiger partial charge on any atom is 0.118 e. The van der Waals surface area contributed by atoms with Gasteiger partial charge in [0.05, 0.1) is 6.54 Å². The molecule has 1 saturated heterocycles. The van der Waals surface area contributed by atoms with Crippen LogP contribution in [-0.2, 0) is 13.1 Å². The molecule has 2 rings (SSSR count). The standard InChI is InChI=1S/C16H29N3O/c1-5-17-10-16-9-14(13(2)20-16)11-19-8-6-7-15(19)12-18(3)4/h9,15,17H,5-8,10-12H2,1-4H3. The molecule has 0 aromatic carbocycles. The molecular weight excluding hydrogens is 250 g/mol. The molecule has 0 spiro atoms. The van der Waals surface area contributed by atoms with Crippen LogP contribution in [0.5, 0.6) is 0 Å². The van der Waals surface area contributed by atoms with E-state index in [9.17, 15) is 0 Å². The normalized spacial score (nSPS) is 20.1. The summed E-state index contributed by atoms with van der Waals surface area (Å²) in [5.74, 6) is 2.14. The van der Waals surface area contributed by atoms with E-state index >= 15 is 0 Å². The lowest BCUT2D eigenvalue weighted by Crippen LogP contribution is -2.37. The molecule has 1 aromatic rings. The number of likely N-dealkylation sites (N-methyl/N-ethyl adjacent to an activating group) is 1. The minimum absolute atomic E-state index is 0.691. The van der Waals surface area contributed by atoms with Crippen LogP contribution in [0.1, 0.15) is 36.8 Å². The highest BCUT2D eigenvalue weighted by Crippen LogP contribution is 2.23. The monoisotopic (exact) mass is 279 g/mol. The molecule has 1 fully saturated rings. The molecule has 20 heavy (non-hydrogen) atoms. The van der Waals surface area contributed by atoms with Crippen LogP contribution >= 0.6 is 0 Å². The third kappa shape index (κ3) is 4.08. The van der Waals surface area contributed by atoms with Gasteiger partial charge in [-0.25, -0.2) is 0 Å². The van der Waals surface area contributed by atoms with Crippen LogP contribution in [0.25, 0.3) is 0 Å². The van der Waals surface area contributed by atoms with Crippen molar-refractivity contribution in [3.63, 3.8) is 0 Å². The van der Waals surface area contributed by atoms with Crippen molar-refractivity contribution in [2.24, 2.45) is 0 Å². The van der Waals surface area contributed by atoms with Gasteiger partial charge in [-0.3, -0.25) is 4.90 Å². The Hall–Kier alpha value is -0.840. The number of nitrogens with one attached hydrogen (secondary N) is 1. The maximum absolute atomic E-state index is 5.84. The Balaban J connectivity index is 1.96. The fourth-order valence-electron chi connectivity index (χ4n) is 3.03. The van der Waals surface area contributed by atoms with Gasteiger partial charge in [0.25, 0.3) is 0 Å². The van der Waals surface area contributed by atoms with Gasteiger partial charge >= 0.3 is 0 Å². The van der Waals surface area contributed by atoms with Gasteiger partial charge in [-0.2, -0.15) is 0 Å². The van der Waals surface area contributed by atoms with Crippen LogP contribution < -0.4 is 5.32 Å². The molecule has 1 aliphatic rings. The average Bonchev–Trinajstić information content (AvgIpc) is 2.95. The minimum atomic E-state index is 0.691. The van der Waals surface area contributed by atoms with Crippen LogP contribution in [0.2, 0.25) is 0 Å². The first-order valence-electron chi connectivity index (χ1n) is 7.77. The predicted octanol–water partition coefficient (Wildman–Crippen LogP) is 2.22. The van der Waals surface area contributed by atoms with Crippen molar-refractivity contribution in [1.29, 1.82) is 0 Å². The van der Waals surface area contributed by atoms with E-state index in [2.05, 4.69) is 49.1 Å². The van der Waals surface area contributed by atoms with Crippen molar-refractivity contribution in [2.45, 2.75) is 45.8 Å². The van der Waals surface area contributed by atoms with Gasteiger partial charge in [0.1, 0.15) is 11.5 Å². The van der Waals surface area contributed by atoms with E-state index in [1.807, 2.05) is 0 Å². The van der Waals surface area contributed by atoms with Crippen LogP contribution in [0.15, 0.2) is 10.5 Å². The summed E-state index contributed by atoms with van der Waals surface area (Å²) in [5, 5.41) is 3.32. The molecule has 4 nitrogen and oxygen atoms in total. The van der Waals surface area contributed by atoms with E-state index < -0.39 is 0 Å². The third-order valence-corrected chi connectivity index (χ3v) is 4.07. The second-order valence-electron chi connectivity index (χ2n) is 6.10. The first kappa shape index (κ1) is 15.5. The van der Waals surface area contributed by atoms with Gasteiger partial charge in [0, 0.05) is 24.7 Å². The lowest BCUT2D eigenvalue weighted by atomic mass is 10.2. The molecule has 4 heteroatoms. The van der Waals surface area contributed by atoms with E-state index in [1.165, 1.54) is 24.9 Å². The molecule has 1 unspecified atom stereocenters. The highest BCUT2D eigenvalue weighted by Gasteiger charge is 2.25. The summed E-state index contributed by atoms with van der Waals surface area (Å²) in [5.41, 5.74) is 1.35. The molecular formula is C16H29N3O. The number of nitrogens with zero attached hydrogens (tertiary/aromatic N) is 2. The molecule has 0 saturated carbocycles. The Kier molecular flexibility index (Phi) is 5.64. The minimum Gasteiger partial charge on any atom is -0.465 e. The SMILES string of the molecule is CCNCc1cc(CN2CCCC2CN(C)C)c(C)o1. The summed E-state index contributed by atoms with van der Waals surface area (Å²) < 4.78 is 5.84. The van der Waals surface area contributed by atoms with Crippen molar-refractivity contribution in [3.05, 3.63) is 23.2 Å². The third-order valence-electron chi connectivity index (χ3n) is 4.07. The summed E-state index contributed by atoms with van der Waals surface area (Å²) >= 11 is 0. The molecule has 0 bridgehead atoms. The zero-order chi connectivity index (χ0) is 14.5. The number of rotatable bonds is 7. The van der Waals surface area contributed by atoms with Gasteiger partial charge in [0.15, 0.2) is 0 Å². The Morgan fingerprint density at radius 3 is 2.95 bits per heavy atom. The molecule has 0 radical (unpaired) electrons. The van der Waals surface area contributed by atoms with E-state index in [1.54, 1.807) is 0 Å². The smallest absolute Gasteiger partial charge is 0.118 e. The molecule has 1 aromatic heterocycles. The van der Waals surface area contributed by atoms with Crippen molar-refractivity contribution >= 4 is 0 Å². The highest BCUT2D eigenvalue weighted by atomic mass is 16.3. The Labute approximate surface area is 123 Å². The van der Waals surface area contributed by atoms with Crippen LogP contribution in [0, 0.1) is 6.92 Å². The second kappa shape index (κ2) is 7.25. The van der Waals surface area contributed by atoms with Crippen molar-refractivity contribution in [2.75, 3.05) is 33.7 Å². The lowest BCUT2D eigenvalue weighted by molar-refractivity contribution is 0.200. The fraction of sp³-hybridized carbons (Fsp3) is 0.750. The molecule has 0 amide bonds. The molecule has 114 valence electrons. The zero-order valence-electron chi connectivity index (χ0n) is 13.4. The predicted molar refractivity (Wildman–Crippen MR) is 82.8 cm³/mol. The van der Waals surface area contributed by atoms with Crippen molar-refractivity contribution in [3.8, 4) is 0 Å². The zero-order valence-corrected chi connectivity index (χ0v) is 13.4. The Bertz CT molecular complexity index is 414. The number of hydrogen-bond acceptors (Lipinski definition) is 4. The Morgan fingerprint density at radius 2 is 2.25 bits per heavy atom. The molecule has 1 N–H and O–H groups in total. The van der Waals surface area contributed by atoms with Crippen molar-refractivity contribution in [1.82, 2.24) is 15.1 Å². The van der Waals surface area contributed by atoms with Gasteiger partial charge in [0.2, 0.25) is 0 Å². The van der Waals surface area contributed by atoms with E-state index in [4.69, 9.17) is 4.42 Å². The number of hydrogen-bond donors (Lipinski definition) is 1. The van der Waals surface area contributed by atoms with Gasteiger partial charge in [-0.15, -0.1) is 0 Å². The van der Waals surface area contributed by atoms with Gasteiger partial charge < -0.3 is 14.6 Å². The van der Waals surface area contributed by atoms with Crippen LogP contribution in [-0.4, -0.2) is 49.6 Å². The summed E-state index contributed by atoms with van der Waals surface area (Å²) in [6.45, 7) is 9.41. The van der Waals surface area contributed by atoms with E-state index in [0.717, 1.165) is 37.7 Å². The molecule has 1 atom stereocenters.